The Morgan fingerprint density at radius 3 is 2.90 bits per heavy atom. The highest BCUT2D eigenvalue weighted by Gasteiger charge is 2.31. The van der Waals surface area contributed by atoms with Crippen LogP contribution in [-0.2, 0) is 0 Å². The van der Waals surface area contributed by atoms with Crippen LogP contribution in [0.1, 0.15) is 35.2 Å². The van der Waals surface area contributed by atoms with Gasteiger partial charge in [0.2, 0.25) is 0 Å². The molecule has 2 fully saturated rings. The third kappa shape index (κ3) is 2.89. The van der Waals surface area contributed by atoms with Crippen molar-refractivity contribution in [3.8, 4) is 0 Å². The molecule has 3 N–H and O–H groups in total. The van der Waals surface area contributed by atoms with E-state index >= 15 is 0 Å². The third-order valence-corrected chi connectivity index (χ3v) is 4.65. The molecule has 114 valence electrons. The number of carbonyl (C=O) groups excluding carboxylic acids is 1. The Morgan fingerprint density at radius 1 is 1.29 bits per heavy atom. The minimum absolute atomic E-state index is 0.0942. The molecule has 2 aliphatic heterocycles. The molecular weight excluding hydrogens is 264 g/mol. The zero-order valence-electron chi connectivity index (χ0n) is 12.6. The molecule has 0 aromatic heterocycles. The molecule has 0 bridgehead atoms. The van der Waals surface area contributed by atoms with Crippen molar-refractivity contribution >= 4 is 11.6 Å². The lowest BCUT2D eigenvalue weighted by molar-refractivity contribution is 0.0744. The van der Waals surface area contributed by atoms with Crippen LogP contribution in [0.15, 0.2) is 18.2 Å². The first-order valence-electron chi connectivity index (χ1n) is 7.79. The van der Waals surface area contributed by atoms with Gasteiger partial charge in [-0.2, -0.15) is 0 Å². The lowest BCUT2D eigenvalue weighted by Gasteiger charge is -2.26. The quantitative estimate of drug-likeness (QED) is 0.641. The van der Waals surface area contributed by atoms with E-state index < -0.39 is 0 Å². The highest BCUT2D eigenvalue weighted by molar-refractivity contribution is 5.99. The van der Waals surface area contributed by atoms with Crippen molar-refractivity contribution in [2.45, 2.75) is 32.2 Å². The summed E-state index contributed by atoms with van der Waals surface area (Å²) in [5, 5.41) is 0. The molecule has 0 spiro atoms. The molecule has 2 saturated heterocycles. The van der Waals surface area contributed by atoms with Crippen molar-refractivity contribution in [2.24, 2.45) is 5.84 Å². The molecule has 0 aliphatic carbocycles. The van der Waals surface area contributed by atoms with Crippen LogP contribution >= 0.6 is 0 Å². The molecule has 0 radical (unpaired) electrons. The van der Waals surface area contributed by atoms with E-state index in [1.807, 2.05) is 30.0 Å². The second-order valence-electron chi connectivity index (χ2n) is 6.13. The summed E-state index contributed by atoms with van der Waals surface area (Å²) in [4.78, 5) is 17.4. The van der Waals surface area contributed by atoms with E-state index in [1.54, 1.807) is 0 Å². The molecule has 1 aromatic carbocycles. The van der Waals surface area contributed by atoms with E-state index in [4.69, 9.17) is 5.84 Å². The minimum atomic E-state index is 0.0942. The molecule has 0 saturated carbocycles. The Kier molecular flexibility index (Phi) is 4.12. The molecule has 3 rings (SSSR count). The number of rotatable bonds is 2. The zero-order valence-corrected chi connectivity index (χ0v) is 12.6. The lowest BCUT2D eigenvalue weighted by Crippen LogP contribution is -2.40. The molecular formula is C16H24N4O. The van der Waals surface area contributed by atoms with Crippen LogP contribution in [0.2, 0.25) is 0 Å². The van der Waals surface area contributed by atoms with Crippen molar-refractivity contribution in [1.29, 1.82) is 0 Å². The fourth-order valence-electron chi connectivity index (χ4n) is 3.53. The standard InChI is InChI=1S/C16H24N4O/c1-12-5-6-14(15(10-12)18-17)16(21)20-9-3-8-19-7-2-4-13(19)11-20/h5-6,10,13,18H,2-4,7-9,11,17H2,1H3. The summed E-state index contributed by atoms with van der Waals surface area (Å²) in [5.74, 6) is 5.67. The number of fused-ring (bicyclic) bond motifs is 1. The highest BCUT2D eigenvalue weighted by Crippen LogP contribution is 2.24. The Bertz CT molecular complexity index is 531. The third-order valence-electron chi connectivity index (χ3n) is 4.65. The normalized spacial score (nSPS) is 22.8. The summed E-state index contributed by atoms with van der Waals surface area (Å²) in [6.45, 7) is 5.98. The number of nitrogens with one attached hydrogen (secondary N) is 1. The van der Waals surface area contributed by atoms with Gasteiger partial charge in [-0.05, 0) is 50.4 Å². The van der Waals surface area contributed by atoms with Crippen LogP contribution in [0.4, 0.5) is 5.69 Å². The fourth-order valence-corrected chi connectivity index (χ4v) is 3.53. The second kappa shape index (κ2) is 6.03. The number of anilines is 1. The van der Waals surface area contributed by atoms with E-state index in [-0.39, 0.29) is 5.91 Å². The minimum Gasteiger partial charge on any atom is -0.337 e. The van der Waals surface area contributed by atoms with Crippen molar-refractivity contribution in [1.82, 2.24) is 9.80 Å². The average molecular weight is 288 g/mol. The van der Waals surface area contributed by atoms with Gasteiger partial charge in [0.25, 0.3) is 5.91 Å². The first-order valence-corrected chi connectivity index (χ1v) is 7.79. The predicted octanol–water partition coefficient (Wildman–Crippen LogP) is 1.59. The summed E-state index contributed by atoms with van der Waals surface area (Å²) in [5.41, 5.74) is 5.15. The number of aryl methyl sites for hydroxylation is 1. The maximum atomic E-state index is 12.8. The maximum Gasteiger partial charge on any atom is 0.256 e. The van der Waals surface area contributed by atoms with Crippen molar-refractivity contribution in [3.63, 3.8) is 0 Å². The van der Waals surface area contributed by atoms with Gasteiger partial charge >= 0.3 is 0 Å². The molecule has 1 unspecified atom stereocenters. The van der Waals surface area contributed by atoms with Crippen LogP contribution in [0.25, 0.3) is 0 Å². The van der Waals surface area contributed by atoms with Gasteiger partial charge in [0.15, 0.2) is 0 Å². The predicted molar refractivity (Wildman–Crippen MR) is 84.1 cm³/mol. The van der Waals surface area contributed by atoms with Crippen LogP contribution in [0.5, 0.6) is 0 Å². The molecule has 1 atom stereocenters. The summed E-state index contributed by atoms with van der Waals surface area (Å²) < 4.78 is 0. The summed E-state index contributed by atoms with van der Waals surface area (Å²) >= 11 is 0. The van der Waals surface area contributed by atoms with Gasteiger partial charge in [-0.1, -0.05) is 6.07 Å². The highest BCUT2D eigenvalue weighted by atomic mass is 16.2. The van der Waals surface area contributed by atoms with Crippen molar-refractivity contribution in [3.05, 3.63) is 29.3 Å². The average Bonchev–Trinajstić information content (AvgIpc) is 2.83. The van der Waals surface area contributed by atoms with E-state index in [0.29, 0.717) is 17.3 Å². The van der Waals surface area contributed by atoms with E-state index in [0.717, 1.165) is 31.6 Å². The first-order chi connectivity index (χ1) is 10.2. The van der Waals surface area contributed by atoms with E-state index in [9.17, 15) is 4.79 Å². The van der Waals surface area contributed by atoms with Gasteiger partial charge in [-0.25, -0.2) is 0 Å². The van der Waals surface area contributed by atoms with Gasteiger partial charge in [0.1, 0.15) is 0 Å². The maximum absolute atomic E-state index is 12.8. The van der Waals surface area contributed by atoms with Gasteiger partial charge in [0.05, 0.1) is 11.3 Å². The molecule has 1 aromatic rings. The van der Waals surface area contributed by atoms with Crippen LogP contribution in [0.3, 0.4) is 0 Å². The van der Waals surface area contributed by atoms with E-state index in [1.165, 1.54) is 19.4 Å². The summed E-state index contributed by atoms with van der Waals surface area (Å²) in [6, 6.07) is 6.31. The van der Waals surface area contributed by atoms with Gasteiger partial charge < -0.3 is 10.3 Å². The number of nitrogen functional groups attached to an aromatic ring is 1. The number of carbonyl (C=O) groups is 1. The monoisotopic (exact) mass is 288 g/mol. The zero-order chi connectivity index (χ0) is 14.8. The molecule has 2 heterocycles. The van der Waals surface area contributed by atoms with Crippen LogP contribution in [-0.4, -0.2) is 47.9 Å². The molecule has 21 heavy (non-hydrogen) atoms. The van der Waals surface area contributed by atoms with Crippen LogP contribution < -0.4 is 11.3 Å². The molecule has 5 nitrogen and oxygen atoms in total. The van der Waals surface area contributed by atoms with Gasteiger partial charge in [0, 0.05) is 25.7 Å². The number of hydrogen-bond donors (Lipinski definition) is 2. The molecule has 2 aliphatic rings. The van der Waals surface area contributed by atoms with Gasteiger partial charge in [-0.15, -0.1) is 0 Å². The summed E-state index contributed by atoms with van der Waals surface area (Å²) in [6.07, 6.45) is 3.52. The molecule has 5 heteroatoms. The number of hydrazine groups is 1. The number of benzene rings is 1. The van der Waals surface area contributed by atoms with E-state index in [2.05, 4.69) is 10.3 Å². The number of nitrogens with zero attached hydrogens (tertiary/aromatic N) is 2. The number of hydrogen-bond acceptors (Lipinski definition) is 4. The number of nitrogens with two attached hydrogens (primary N) is 1. The van der Waals surface area contributed by atoms with Crippen molar-refractivity contribution < 1.29 is 4.79 Å². The summed E-state index contributed by atoms with van der Waals surface area (Å²) in [7, 11) is 0. The Morgan fingerprint density at radius 2 is 2.10 bits per heavy atom. The first kappa shape index (κ1) is 14.4. The smallest absolute Gasteiger partial charge is 0.256 e. The Labute approximate surface area is 126 Å². The van der Waals surface area contributed by atoms with Crippen LogP contribution in [0, 0.1) is 6.92 Å². The number of amides is 1. The topological polar surface area (TPSA) is 61.6 Å². The largest absolute Gasteiger partial charge is 0.337 e. The second-order valence-corrected chi connectivity index (χ2v) is 6.13. The SMILES string of the molecule is Cc1ccc(C(=O)N2CCCN3CCCC3C2)c(NN)c1. The Balaban J connectivity index is 1.81. The van der Waals surface area contributed by atoms with Crippen molar-refractivity contribution in [2.75, 3.05) is 31.6 Å². The lowest BCUT2D eigenvalue weighted by atomic mass is 10.1. The molecule has 1 amide bonds. The van der Waals surface area contributed by atoms with Gasteiger partial charge in [-0.3, -0.25) is 15.5 Å². The fraction of sp³-hybridized carbons (Fsp3) is 0.562. The Hall–Kier alpha value is -1.59.